The van der Waals surface area contributed by atoms with Crippen molar-refractivity contribution in [3.63, 3.8) is 0 Å². The van der Waals surface area contributed by atoms with Crippen molar-refractivity contribution < 1.29 is 31.9 Å². The number of terminal acetylenes is 1. The standard InChI is InChI=1S/C39H59F2N3O5S/c1-5-13-35(14-6-2)50(48,49)28-33(20-22-43-38(46)32-17-10-9-11-18-32)39(47)44-36(25-30(19-21-40)24-34(41)8-4)37(45)27-42-26-31-16-12-15-29(7-3)23-31/h4,12,15-16,19,23-24,32-33,35-37,42,45H,5-7,9-11,13-14,17-18,20-22,25-28H2,1-3H3,(H,43,46)(H,44,47)/b30-19+,34-24+/t33?,36-,37+/m0/s1. The first-order valence-electron chi connectivity index (χ1n) is 18.3. The van der Waals surface area contributed by atoms with Gasteiger partial charge >= 0.3 is 0 Å². The molecular formula is C39H59F2N3O5S. The van der Waals surface area contributed by atoms with Crippen LogP contribution >= 0.6 is 0 Å². The number of hydrogen-bond acceptors (Lipinski definition) is 6. The molecule has 11 heteroatoms. The summed E-state index contributed by atoms with van der Waals surface area (Å²) in [4.78, 5) is 26.9. The van der Waals surface area contributed by atoms with Crippen LogP contribution in [0.2, 0.25) is 0 Å². The average Bonchev–Trinajstić information content (AvgIpc) is 3.11. The number of sulfone groups is 1. The average molecular weight is 720 g/mol. The molecule has 0 saturated heterocycles. The highest BCUT2D eigenvalue weighted by atomic mass is 32.2. The van der Waals surface area contributed by atoms with Crippen molar-refractivity contribution in [3.8, 4) is 12.3 Å². The summed E-state index contributed by atoms with van der Waals surface area (Å²) in [7, 11) is -3.71. The van der Waals surface area contributed by atoms with E-state index in [1.54, 1.807) is 0 Å². The SMILES string of the molecule is C#C/C(F)=C\C(=C/CF)C[C@H](NC(=O)C(CCNC(=O)C1CCCCC1)CS(=O)(=O)C(CCC)CCC)[C@H](O)CNCc1cccc(CC)c1. The normalized spacial score (nSPS) is 16.4. The molecule has 1 aliphatic carbocycles. The lowest BCUT2D eigenvalue weighted by Gasteiger charge is -2.28. The summed E-state index contributed by atoms with van der Waals surface area (Å²) < 4.78 is 55.0. The van der Waals surface area contributed by atoms with E-state index in [4.69, 9.17) is 6.42 Å². The molecule has 4 N–H and O–H groups in total. The first kappa shape index (κ1) is 43.1. The number of carbonyl (C=O) groups is 2. The number of aliphatic hydroxyl groups is 1. The van der Waals surface area contributed by atoms with Gasteiger partial charge in [0.1, 0.15) is 6.67 Å². The number of carbonyl (C=O) groups excluding carboxylic acids is 2. The van der Waals surface area contributed by atoms with Crippen LogP contribution in [0.1, 0.15) is 103 Å². The van der Waals surface area contributed by atoms with Crippen LogP contribution in [0, 0.1) is 24.2 Å². The fourth-order valence-electron chi connectivity index (χ4n) is 6.54. The second kappa shape index (κ2) is 23.4. The lowest BCUT2D eigenvalue weighted by molar-refractivity contribution is -0.128. The van der Waals surface area contributed by atoms with E-state index in [0.717, 1.165) is 61.8 Å². The van der Waals surface area contributed by atoms with Gasteiger partial charge in [-0.1, -0.05) is 83.2 Å². The molecule has 3 atom stereocenters. The van der Waals surface area contributed by atoms with Crippen LogP contribution in [-0.2, 0) is 32.4 Å². The Hall–Kier alpha value is -3.07. The molecule has 0 aliphatic heterocycles. The number of alkyl halides is 1. The number of amides is 2. The summed E-state index contributed by atoms with van der Waals surface area (Å²) in [6, 6.07) is 6.94. The van der Waals surface area contributed by atoms with Crippen molar-refractivity contribution in [2.75, 3.05) is 25.5 Å². The van der Waals surface area contributed by atoms with E-state index in [0.29, 0.717) is 32.2 Å². The van der Waals surface area contributed by atoms with E-state index < -0.39 is 57.3 Å². The van der Waals surface area contributed by atoms with Crippen LogP contribution in [-0.4, -0.2) is 68.3 Å². The Morgan fingerprint density at radius 1 is 1.08 bits per heavy atom. The fraction of sp³-hybridized carbons (Fsp3) is 0.641. The van der Waals surface area contributed by atoms with Gasteiger partial charge in [0.25, 0.3) is 0 Å². The van der Waals surface area contributed by atoms with Crippen LogP contribution in [0.15, 0.2) is 47.8 Å². The monoisotopic (exact) mass is 719 g/mol. The molecule has 0 aromatic heterocycles. The first-order chi connectivity index (χ1) is 24.0. The van der Waals surface area contributed by atoms with Gasteiger partial charge in [0, 0.05) is 25.6 Å². The Kier molecular flexibility index (Phi) is 20.2. The number of rotatable bonds is 23. The molecule has 1 aromatic carbocycles. The van der Waals surface area contributed by atoms with Gasteiger partial charge in [0.2, 0.25) is 11.8 Å². The number of aryl methyl sites for hydroxylation is 1. The molecule has 2 amide bonds. The minimum atomic E-state index is -3.71. The minimum absolute atomic E-state index is 0.0288. The van der Waals surface area contributed by atoms with Crippen LogP contribution < -0.4 is 16.0 Å². The third-order valence-corrected chi connectivity index (χ3v) is 11.8. The van der Waals surface area contributed by atoms with Crippen molar-refractivity contribution in [2.24, 2.45) is 11.8 Å². The predicted molar refractivity (Wildman–Crippen MR) is 197 cm³/mol. The van der Waals surface area contributed by atoms with Crippen LogP contribution in [0.25, 0.3) is 0 Å². The van der Waals surface area contributed by atoms with Gasteiger partial charge in [-0.3, -0.25) is 9.59 Å². The zero-order valence-corrected chi connectivity index (χ0v) is 31.0. The van der Waals surface area contributed by atoms with E-state index >= 15 is 0 Å². The molecule has 0 spiro atoms. The zero-order chi connectivity index (χ0) is 36.9. The summed E-state index contributed by atoms with van der Waals surface area (Å²) in [6.45, 7) is 5.55. The molecule has 0 heterocycles. The van der Waals surface area contributed by atoms with Gasteiger partial charge in [-0.15, -0.1) is 6.42 Å². The van der Waals surface area contributed by atoms with E-state index in [2.05, 4.69) is 28.9 Å². The number of allylic oxidation sites excluding steroid dienone is 3. The van der Waals surface area contributed by atoms with Gasteiger partial charge in [-0.25, -0.2) is 12.8 Å². The van der Waals surface area contributed by atoms with Crippen LogP contribution in [0.3, 0.4) is 0 Å². The maximum atomic E-state index is 14.1. The first-order valence-corrected chi connectivity index (χ1v) is 20.0. The summed E-state index contributed by atoms with van der Waals surface area (Å²) in [5, 5.41) is 19.7. The van der Waals surface area contributed by atoms with Gasteiger partial charge < -0.3 is 21.1 Å². The largest absolute Gasteiger partial charge is 0.390 e. The lowest BCUT2D eigenvalue weighted by Crippen LogP contribution is -2.50. The van der Waals surface area contributed by atoms with E-state index in [1.807, 2.05) is 38.0 Å². The molecule has 1 saturated carbocycles. The van der Waals surface area contributed by atoms with Gasteiger partial charge in [-0.05, 0) is 73.6 Å². The summed E-state index contributed by atoms with van der Waals surface area (Å²) >= 11 is 0. The molecule has 1 unspecified atom stereocenters. The molecule has 1 fully saturated rings. The summed E-state index contributed by atoms with van der Waals surface area (Å²) in [5.41, 5.74) is 2.30. The molecule has 280 valence electrons. The second-order valence-corrected chi connectivity index (χ2v) is 15.7. The maximum Gasteiger partial charge on any atom is 0.224 e. The number of hydrogen-bond donors (Lipinski definition) is 4. The molecular weight excluding hydrogens is 661 g/mol. The quantitative estimate of drug-likeness (QED) is 0.0808. The topological polar surface area (TPSA) is 125 Å². The summed E-state index contributed by atoms with van der Waals surface area (Å²) in [5.74, 6) is -1.33. The van der Waals surface area contributed by atoms with Crippen molar-refractivity contribution in [1.29, 1.82) is 0 Å². The third kappa shape index (κ3) is 15.4. The molecule has 50 heavy (non-hydrogen) atoms. The van der Waals surface area contributed by atoms with Crippen LogP contribution in [0.4, 0.5) is 8.78 Å². The highest BCUT2D eigenvalue weighted by molar-refractivity contribution is 7.92. The smallest absolute Gasteiger partial charge is 0.224 e. The number of benzene rings is 1. The van der Waals surface area contributed by atoms with Crippen molar-refractivity contribution in [3.05, 3.63) is 58.9 Å². The molecule has 1 aromatic rings. The number of aliphatic hydroxyl groups excluding tert-OH is 1. The number of nitrogens with one attached hydrogen (secondary N) is 3. The highest BCUT2D eigenvalue weighted by Crippen LogP contribution is 2.24. The van der Waals surface area contributed by atoms with Crippen molar-refractivity contribution in [2.45, 2.75) is 122 Å². The fourth-order valence-corrected chi connectivity index (χ4v) is 8.88. The van der Waals surface area contributed by atoms with Crippen molar-refractivity contribution in [1.82, 2.24) is 16.0 Å². The minimum Gasteiger partial charge on any atom is -0.390 e. The molecule has 0 radical (unpaired) electrons. The third-order valence-electron chi connectivity index (χ3n) is 9.42. The second-order valence-electron chi connectivity index (χ2n) is 13.4. The number of halogens is 2. The maximum absolute atomic E-state index is 14.1. The predicted octanol–water partition coefficient (Wildman–Crippen LogP) is 6.04. The highest BCUT2D eigenvalue weighted by Gasteiger charge is 2.33. The van der Waals surface area contributed by atoms with Gasteiger partial charge in [0.05, 0.1) is 29.1 Å². The Morgan fingerprint density at radius 3 is 2.38 bits per heavy atom. The lowest BCUT2D eigenvalue weighted by atomic mass is 9.88. The summed E-state index contributed by atoms with van der Waals surface area (Å²) in [6.07, 6.45) is 13.8. The molecule has 0 bridgehead atoms. The van der Waals surface area contributed by atoms with Crippen molar-refractivity contribution >= 4 is 21.7 Å². The van der Waals surface area contributed by atoms with Gasteiger partial charge in [-0.2, -0.15) is 4.39 Å². The van der Waals surface area contributed by atoms with Crippen LogP contribution in [0.5, 0.6) is 0 Å². The van der Waals surface area contributed by atoms with Gasteiger partial charge in [0.15, 0.2) is 15.7 Å². The molecule has 2 rings (SSSR count). The Bertz CT molecular complexity index is 1400. The van der Waals surface area contributed by atoms with E-state index in [-0.39, 0.29) is 43.3 Å². The van der Waals surface area contributed by atoms with E-state index in [1.165, 1.54) is 0 Å². The van der Waals surface area contributed by atoms with E-state index in [9.17, 15) is 31.9 Å². The Morgan fingerprint density at radius 2 is 1.76 bits per heavy atom. The Balaban J connectivity index is 2.33. The Labute approximate surface area is 299 Å². The zero-order valence-electron chi connectivity index (χ0n) is 30.2. The molecule has 8 nitrogen and oxygen atoms in total. The molecule has 1 aliphatic rings.